The van der Waals surface area contributed by atoms with Crippen molar-refractivity contribution in [3.05, 3.63) is 48.5 Å². The van der Waals surface area contributed by atoms with Crippen molar-refractivity contribution in [2.75, 3.05) is 24.4 Å². The number of carbonyl (C=O) groups excluding carboxylic acids is 1. The van der Waals surface area contributed by atoms with Crippen LogP contribution >= 0.6 is 0 Å². The third-order valence-corrected chi connectivity index (χ3v) is 3.32. The van der Waals surface area contributed by atoms with E-state index < -0.39 is 6.04 Å². The summed E-state index contributed by atoms with van der Waals surface area (Å²) in [6.45, 7) is 4.29. The highest BCUT2D eigenvalue weighted by Crippen LogP contribution is 2.26. The Hall–Kier alpha value is -2.69. The minimum atomic E-state index is -0.429. The molecule has 2 aromatic rings. The van der Waals surface area contributed by atoms with Crippen LogP contribution < -0.4 is 20.1 Å². The summed E-state index contributed by atoms with van der Waals surface area (Å²) in [4.78, 5) is 12.4. The topological polar surface area (TPSA) is 59.6 Å². The molecule has 5 nitrogen and oxygen atoms in total. The molecule has 0 saturated heterocycles. The summed E-state index contributed by atoms with van der Waals surface area (Å²) >= 11 is 0. The van der Waals surface area contributed by atoms with Crippen molar-refractivity contribution in [1.82, 2.24) is 0 Å². The van der Waals surface area contributed by atoms with E-state index in [1.165, 1.54) is 0 Å². The van der Waals surface area contributed by atoms with E-state index in [-0.39, 0.29) is 5.91 Å². The molecule has 1 amide bonds. The molecule has 0 aromatic heterocycles. The van der Waals surface area contributed by atoms with Crippen molar-refractivity contribution in [3.63, 3.8) is 0 Å². The first-order valence-corrected chi connectivity index (χ1v) is 7.58. The number of hydrogen-bond acceptors (Lipinski definition) is 4. The summed E-state index contributed by atoms with van der Waals surface area (Å²) in [5.41, 5.74) is 1.43. The summed E-state index contributed by atoms with van der Waals surface area (Å²) in [7, 11) is 1.57. The summed E-state index contributed by atoms with van der Waals surface area (Å²) in [5.74, 6) is 1.20. The average Bonchev–Trinajstić information content (AvgIpc) is 2.57. The largest absolute Gasteiger partial charge is 0.495 e. The highest BCUT2D eigenvalue weighted by molar-refractivity contribution is 5.97. The summed E-state index contributed by atoms with van der Waals surface area (Å²) in [5, 5.41) is 6.04. The van der Waals surface area contributed by atoms with Crippen LogP contribution in [-0.4, -0.2) is 25.7 Å². The first-order valence-electron chi connectivity index (χ1n) is 7.58. The number of benzene rings is 2. The van der Waals surface area contributed by atoms with Crippen molar-refractivity contribution in [2.45, 2.75) is 19.9 Å². The zero-order valence-electron chi connectivity index (χ0n) is 13.6. The first-order chi connectivity index (χ1) is 11.2. The van der Waals surface area contributed by atoms with Crippen LogP contribution in [0.4, 0.5) is 11.4 Å². The molecule has 5 heteroatoms. The predicted molar refractivity (Wildman–Crippen MR) is 92.3 cm³/mol. The fourth-order valence-electron chi connectivity index (χ4n) is 2.15. The lowest BCUT2D eigenvalue weighted by Gasteiger charge is -2.18. The van der Waals surface area contributed by atoms with Gasteiger partial charge in [0, 0.05) is 0 Å². The van der Waals surface area contributed by atoms with Crippen molar-refractivity contribution >= 4 is 17.3 Å². The fraction of sp³-hybridized carbons (Fsp3) is 0.278. The summed E-state index contributed by atoms with van der Waals surface area (Å²) in [6, 6.07) is 14.4. The van der Waals surface area contributed by atoms with Gasteiger partial charge in [-0.15, -0.1) is 0 Å². The van der Waals surface area contributed by atoms with E-state index in [2.05, 4.69) is 10.6 Å². The number of rotatable bonds is 7. The van der Waals surface area contributed by atoms with E-state index in [0.717, 1.165) is 11.4 Å². The van der Waals surface area contributed by atoms with Gasteiger partial charge in [-0.1, -0.05) is 24.3 Å². The Morgan fingerprint density at radius 3 is 2.30 bits per heavy atom. The highest BCUT2D eigenvalue weighted by atomic mass is 16.5. The van der Waals surface area contributed by atoms with Gasteiger partial charge in [0.25, 0.3) is 0 Å². The Labute approximate surface area is 136 Å². The molecule has 0 aliphatic carbocycles. The van der Waals surface area contributed by atoms with Crippen LogP contribution in [0.3, 0.4) is 0 Å². The quantitative estimate of drug-likeness (QED) is 0.821. The van der Waals surface area contributed by atoms with Crippen LogP contribution in [-0.2, 0) is 4.79 Å². The average molecular weight is 314 g/mol. The van der Waals surface area contributed by atoms with E-state index in [4.69, 9.17) is 9.47 Å². The molecule has 122 valence electrons. The SMILES string of the molecule is CCOc1ccccc1N[C@@H](C)C(=O)Nc1ccccc1OC. The molecular weight excluding hydrogens is 292 g/mol. The van der Waals surface area contributed by atoms with Gasteiger partial charge in [-0.2, -0.15) is 0 Å². The van der Waals surface area contributed by atoms with E-state index >= 15 is 0 Å². The van der Waals surface area contributed by atoms with Crippen LogP contribution in [0.1, 0.15) is 13.8 Å². The number of para-hydroxylation sites is 4. The maximum Gasteiger partial charge on any atom is 0.246 e. The molecule has 0 bridgehead atoms. The van der Waals surface area contributed by atoms with Gasteiger partial charge >= 0.3 is 0 Å². The smallest absolute Gasteiger partial charge is 0.246 e. The molecule has 2 N–H and O–H groups in total. The molecule has 1 atom stereocenters. The maximum atomic E-state index is 12.4. The lowest BCUT2D eigenvalue weighted by molar-refractivity contribution is -0.116. The molecule has 2 aromatic carbocycles. The van der Waals surface area contributed by atoms with Gasteiger partial charge in [-0.05, 0) is 38.1 Å². The Morgan fingerprint density at radius 2 is 1.65 bits per heavy atom. The fourth-order valence-corrected chi connectivity index (χ4v) is 2.15. The van der Waals surface area contributed by atoms with Gasteiger partial charge in [0.05, 0.1) is 25.1 Å². The molecule has 0 fully saturated rings. The summed E-state index contributed by atoms with van der Waals surface area (Å²) < 4.78 is 10.8. The van der Waals surface area contributed by atoms with E-state index in [1.54, 1.807) is 26.2 Å². The minimum absolute atomic E-state index is 0.152. The van der Waals surface area contributed by atoms with Crippen molar-refractivity contribution in [1.29, 1.82) is 0 Å². The monoisotopic (exact) mass is 314 g/mol. The van der Waals surface area contributed by atoms with E-state index in [1.807, 2.05) is 43.3 Å². The minimum Gasteiger partial charge on any atom is -0.495 e. The van der Waals surface area contributed by atoms with Crippen LogP contribution in [0.15, 0.2) is 48.5 Å². The second kappa shape index (κ2) is 8.08. The lowest BCUT2D eigenvalue weighted by Crippen LogP contribution is -2.32. The Balaban J connectivity index is 2.06. The molecule has 2 rings (SSSR count). The molecule has 23 heavy (non-hydrogen) atoms. The normalized spacial score (nSPS) is 11.4. The Bertz CT molecular complexity index is 658. The summed E-state index contributed by atoms with van der Waals surface area (Å²) in [6.07, 6.45) is 0. The Kier molecular flexibility index (Phi) is 5.86. The first kappa shape index (κ1) is 16.7. The zero-order chi connectivity index (χ0) is 16.7. The van der Waals surface area contributed by atoms with Gasteiger partial charge in [-0.3, -0.25) is 4.79 Å². The molecular formula is C18H22N2O3. The molecule has 0 aliphatic rings. The predicted octanol–water partition coefficient (Wildman–Crippen LogP) is 3.53. The second-order valence-corrected chi connectivity index (χ2v) is 4.98. The van der Waals surface area contributed by atoms with Crippen LogP contribution in [0, 0.1) is 0 Å². The van der Waals surface area contributed by atoms with Gasteiger partial charge in [0.2, 0.25) is 5.91 Å². The third-order valence-electron chi connectivity index (χ3n) is 3.32. The second-order valence-electron chi connectivity index (χ2n) is 4.98. The third kappa shape index (κ3) is 4.39. The standard InChI is InChI=1S/C18H22N2O3/c1-4-23-17-12-8-6-10-15(17)19-13(2)18(21)20-14-9-5-7-11-16(14)22-3/h5-13,19H,4H2,1-3H3,(H,20,21)/t13-/m0/s1. The van der Waals surface area contributed by atoms with Crippen LogP contribution in [0.5, 0.6) is 11.5 Å². The number of amides is 1. The molecule has 0 radical (unpaired) electrons. The van der Waals surface area contributed by atoms with Crippen molar-refractivity contribution < 1.29 is 14.3 Å². The van der Waals surface area contributed by atoms with Gasteiger partial charge in [-0.25, -0.2) is 0 Å². The lowest BCUT2D eigenvalue weighted by atomic mass is 10.2. The number of nitrogens with one attached hydrogen (secondary N) is 2. The molecule has 0 unspecified atom stereocenters. The van der Waals surface area contributed by atoms with Gasteiger partial charge < -0.3 is 20.1 Å². The number of methoxy groups -OCH3 is 1. The van der Waals surface area contributed by atoms with Crippen molar-refractivity contribution in [3.8, 4) is 11.5 Å². The van der Waals surface area contributed by atoms with E-state index in [0.29, 0.717) is 18.0 Å². The maximum absolute atomic E-state index is 12.4. The van der Waals surface area contributed by atoms with Gasteiger partial charge in [0.15, 0.2) is 0 Å². The van der Waals surface area contributed by atoms with Gasteiger partial charge in [0.1, 0.15) is 17.5 Å². The molecule has 0 heterocycles. The number of hydrogen-bond donors (Lipinski definition) is 2. The molecule has 0 aliphatic heterocycles. The number of anilines is 2. The van der Waals surface area contributed by atoms with Crippen LogP contribution in [0.2, 0.25) is 0 Å². The highest BCUT2D eigenvalue weighted by Gasteiger charge is 2.16. The zero-order valence-corrected chi connectivity index (χ0v) is 13.6. The van der Waals surface area contributed by atoms with E-state index in [9.17, 15) is 4.79 Å². The molecule has 0 saturated carbocycles. The van der Waals surface area contributed by atoms with Crippen molar-refractivity contribution in [2.24, 2.45) is 0 Å². The number of ether oxygens (including phenoxy) is 2. The molecule has 0 spiro atoms. The number of carbonyl (C=O) groups is 1. The Morgan fingerprint density at radius 1 is 1.04 bits per heavy atom. The van der Waals surface area contributed by atoms with Crippen LogP contribution in [0.25, 0.3) is 0 Å².